The Balaban J connectivity index is 1.77. The van der Waals surface area contributed by atoms with Crippen molar-refractivity contribution in [3.8, 4) is 0 Å². The summed E-state index contributed by atoms with van der Waals surface area (Å²) < 4.78 is 14.1. The summed E-state index contributed by atoms with van der Waals surface area (Å²) in [5, 5.41) is 2.12. The number of hydrogen-bond acceptors (Lipinski definition) is 4. The van der Waals surface area contributed by atoms with Crippen LogP contribution in [0.15, 0.2) is 35.7 Å². The first-order valence-electron chi connectivity index (χ1n) is 9.50. The number of likely N-dealkylation sites (tertiary alicyclic amines) is 1. The van der Waals surface area contributed by atoms with Gasteiger partial charge in [-0.25, -0.2) is 9.37 Å². The van der Waals surface area contributed by atoms with Crippen molar-refractivity contribution in [2.24, 2.45) is 0 Å². The van der Waals surface area contributed by atoms with E-state index in [1.54, 1.807) is 29.7 Å². The van der Waals surface area contributed by atoms with Crippen LogP contribution >= 0.6 is 11.3 Å². The third-order valence-corrected chi connectivity index (χ3v) is 5.73. The lowest BCUT2D eigenvalue weighted by Gasteiger charge is -2.34. The number of carbonyl (C=O) groups is 2. The molecule has 0 bridgehead atoms. The molecule has 28 heavy (non-hydrogen) atoms. The molecule has 2 heterocycles. The van der Waals surface area contributed by atoms with Crippen LogP contribution in [-0.2, 0) is 9.59 Å². The van der Waals surface area contributed by atoms with Crippen molar-refractivity contribution >= 4 is 40.0 Å². The molecule has 1 aliphatic heterocycles. The van der Waals surface area contributed by atoms with E-state index in [2.05, 4.69) is 11.9 Å². The van der Waals surface area contributed by atoms with Crippen LogP contribution in [-0.4, -0.2) is 34.3 Å². The van der Waals surface area contributed by atoms with Gasteiger partial charge in [-0.05, 0) is 43.9 Å². The molecule has 1 saturated heterocycles. The van der Waals surface area contributed by atoms with Gasteiger partial charge >= 0.3 is 0 Å². The molecule has 148 valence electrons. The van der Waals surface area contributed by atoms with Gasteiger partial charge in [0.15, 0.2) is 5.13 Å². The molecule has 1 unspecified atom stereocenters. The van der Waals surface area contributed by atoms with Gasteiger partial charge in [-0.3, -0.25) is 14.5 Å². The summed E-state index contributed by atoms with van der Waals surface area (Å²) >= 11 is 1.23. The molecule has 1 aromatic carbocycles. The van der Waals surface area contributed by atoms with Gasteiger partial charge in [-0.15, -0.1) is 11.3 Å². The lowest BCUT2D eigenvalue weighted by atomic mass is 10.00. The number of carbonyl (C=O) groups excluding carboxylic acids is 2. The molecule has 0 saturated carbocycles. The van der Waals surface area contributed by atoms with Crippen LogP contribution in [0, 0.1) is 5.82 Å². The third kappa shape index (κ3) is 4.47. The van der Waals surface area contributed by atoms with Crippen molar-refractivity contribution in [2.45, 2.75) is 45.6 Å². The fourth-order valence-corrected chi connectivity index (χ4v) is 4.31. The number of rotatable bonds is 5. The molecule has 0 N–H and O–H groups in total. The molecular formula is C21H24FN3O2S. The zero-order chi connectivity index (χ0) is 20.1. The van der Waals surface area contributed by atoms with Crippen LogP contribution in [0.2, 0.25) is 0 Å². The highest BCUT2D eigenvalue weighted by molar-refractivity contribution is 7.14. The normalized spacial score (nSPS) is 17.1. The molecule has 0 spiro atoms. The van der Waals surface area contributed by atoms with Crippen molar-refractivity contribution in [1.29, 1.82) is 0 Å². The van der Waals surface area contributed by atoms with E-state index in [0.717, 1.165) is 25.8 Å². The molecule has 0 radical (unpaired) electrons. The van der Waals surface area contributed by atoms with E-state index < -0.39 is 5.82 Å². The van der Waals surface area contributed by atoms with Crippen LogP contribution in [0.5, 0.6) is 0 Å². The highest BCUT2D eigenvalue weighted by atomic mass is 32.1. The second kappa shape index (κ2) is 9.10. The quantitative estimate of drug-likeness (QED) is 0.678. The van der Waals surface area contributed by atoms with Crippen LogP contribution in [0.25, 0.3) is 6.08 Å². The molecular weight excluding hydrogens is 377 g/mol. The topological polar surface area (TPSA) is 53.5 Å². The highest BCUT2D eigenvalue weighted by Gasteiger charge is 2.24. The molecule has 1 aliphatic rings. The third-order valence-electron chi connectivity index (χ3n) is 4.89. The van der Waals surface area contributed by atoms with Crippen molar-refractivity contribution < 1.29 is 14.0 Å². The van der Waals surface area contributed by atoms with Gasteiger partial charge < -0.3 is 4.90 Å². The van der Waals surface area contributed by atoms with E-state index in [0.29, 0.717) is 16.9 Å². The number of amides is 2. The smallest absolute Gasteiger partial charge is 0.246 e. The van der Waals surface area contributed by atoms with Gasteiger partial charge in [-0.1, -0.05) is 19.1 Å². The summed E-state index contributed by atoms with van der Waals surface area (Å²) in [5.41, 5.74) is 0.732. The second-order valence-corrected chi connectivity index (χ2v) is 7.62. The molecule has 5 nitrogen and oxygen atoms in total. The summed E-state index contributed by atoms with van der Waals surface area (Å²) in [7, 11) is 0. The van der Waals surface area contributed by atoms with Crippen LogP contribution in [0.1, 0.15) is 45.2 Å². The Morgan fingerprint density at radius 2 is 2.14 bits per heavy atom. The number of piperidine rings is 1. The fraction of sp³-hybridized carbons (Fsp3) is 0.381. The number of hydrogen-bond donors (Lipinski definition) is 0. The van der Waals surface area contributed by atoms with E-state index >= 15 is 0 Å². The summed E-state index contributed by atoms with van der Waals surface area (Å²) in [5.74, 6) is -0.834. The number of halogens is 1. The summed E-state index contributed by atoms with van der Waals surface area (Å²) in [4.78, 5) is 32.2. The Bertz CT molecular complexity index is 880. The van der Waals surface area contributed by atoms with Gasteiger partial charge in [0.1, 0.15) is 5.82 Å². The molecule has 1 atom stereocenters. The van der Waals surface area contributed by atoms with Crippen molar-refractivity contribution in [3.63, 3.8) is 0 Å². The van der Waals surface area contributed by atoms with E-state index in [1.165, 1.54) is 41.7 Å². The number of aromatic nitrogens is 1. The van der Waals surface area contributed by atoms with Gasteiger partial charge in [0, 0.05) is 31.0 Å². The number of anilines is 2. The van der Waals surface area contributed by atoms with Crippen LogP contribution in [0.3, 0.4) is 0 Å². The van der Waals surface area contributed by atoms with Gasteiger partial charge in [0.2, 0.25) is 11.8 Å². The highest BCUT2D eigenvalue weighted by Crippen LogP contribution is 2.31. The van der Waals surface area contributed by atoms with E-state index in [9.17, 15) is 14.0 Å². The predicted octanol–water partition coefficient (Wildman–Crippen LogP) is 4.77. The Hall–Kier alpha value is -2.54. The zero-order valence-corrected chi connectivity index (χ0v) is 16.9. The lowest BCUT2D eigenvalue weighted by molar-refractivity contribution is -0.129. The number of nitrogens with zero attached hydrogens (tertiary/aromatic N) is 3. The van der Waals surface area contributed by atoms with Crippen molar-refractivity contribution in [2.75, 3.05) is 11.4 Å². The summed E-state index contributed by atoms with van der Waals surface area (Å²) in [6.45, 7) is 4.26. The maximum Gasteiger partial charge on any atom is 0.246 e. The van der Waals surface area contributed by atoms with E-state index in [1.807, 2.05) is 4.90 Å². The first kappa shape index (κ1) is 20.2. The maximum atomic E-state index is 14.1. The molecule has 3 rings (SSSR count). The average Bonchev–Trinajstić information content (AvgIpc) is 3.16. The Morgan fingerprint density at radius 3 is 2.86 bits per heavy atom. The van der Waals surface area contributed by atoms with Crippen LogP contribution in [0.4, 0.5) is 15.2 Å². The monoisotopic (exact) mass is 401 g/mol. The molecule has 1 aromatic heterocycles. The van der Waals surface area contributed by atoms with Crippen LogP contribution < -0.4 is 4.90 Å². The van der Waals surface area contributed by atoms with E-state index in [4.69, 9.17) is 0 Å². The fourth-order valence-electron chi connectivity index (χ4n) is 3.46. The molecule has 7 heteroatoms. The maximum absolute atomic E-state index is 14.1. The van der Waals surface area contributed by atoms with Gasteiger partial charge in [0.05, 0.1) is 11.4 Å². The average molecular weight is 402 g/mol. The van der Waals surface area contributed by atoms with E-state index in [-0.39, 0.29) is 17.5 Å². The molecule has 0 aliphatic carbocycles. The van der Waals surface area contributed by atoms with Gasteiger partial charge in [-0.2, -0.15) is 0 Å². The number of para-hydroxylation sites is 1. The largest absolute Gasteiger partial charge is 0.336 e. The summed E-state index contributed by atoms with van der Waals surface area (Å²) in [6, 6.07) is 6.39. The minimum Gasteiger partial charge on any atom is -0.336 e. The Labute approximate surface area is 168 Å². The first-order chi connectivity index (χ1) is 13.5. The van der Waals surface area contributed by atoms with Crippen molar-refractivity contribution in [1.82, 2.24) is 9.88 Å². The SMILES string of the molecule is CCC1CCCCN1C(=O)/C=C/c1csc(N(C(C)=O)c2ccccc2F)n1. The Kier molecular flexibility index (Phi) is 6.57. The van der Waals surface area contributed by atoms with Gasteiger partial charge in [0.25, 0.3) is 0 Å². The lowest BCUT2D eigenvalue weighted by Crippen LogP contribution is -2.42. The zero-order valence-electron chi connectivity index (χ0n) is 16.1. The Morgan fingerprint density at radius 1 is 1.36 bits per heavy atom. The number of benzene rings is 1. The number of thiazole rings is 1. The first-order valence-corrected chi connectivity index (χ1v) is 10.4. The summed E-state index contributed by atoms with van der Waals surface area (Å²) in [6.07, 6.45) is 7.40. The molecule has 2 amide bonds. The molecule has 1 fully saturated rings. The minimum absolute atomic E-state index is 0.0152. The standard InChI is InChI=1S/C21H24FN3O2S/c1-3-17-8-6-7-13-24(17)20(27)12-11-16-14-28-21(23-16)25(15(2)26)19-10-5-4-9-18(19)22/h4-5,9-12,14,17H,3,6-8,13H2,1-2H3/b12-11+. The minimum atomic E-state index is -0.490. The second-order valence-electron chi connectivity index (χ2n) is 6.78. The molecule has 2 aromatic rings. The predicted molar refractivity (Wildman–Crippen MR) is 110 cm³/mol. The van der Waals surface area contributed by atoms with Crippen molar-refractivity contribution in [3.05, 3.63) is 47.2 Å².